The largest absolute Gasteiger partial charge is 0.497 e. The number of hydrogen-bond acceptors (Lipinski definition) is 3. The van der Waals surface area contributed by atoms with Crippen molar-refractivity contribution in [2.45, 2.75) is 4.90 Å². The third kappa shape index (κ3) is 3.89. The average molecular weight is 292 g/mol. The number of ether oxygens (including phenoxy) is 2. The molecule has 19 heavy (non-hydrogen) atoms. The van der Waals surface area contributed by atoms with E-state index < -0.39 is 0 Å². The summed E-state index contributed by atoms with van der Waals surface area (Å²) in [6.07, 6.45) is 0. The molecule has 0 bridgehead atoms. The third-order valence-electron chi connectivity index (χ3n) is 2.74. The summed E-state index contributed by atoms with van der Waals surface area (Å²) in [5, 5.41) is 1.36. The summed E-state index contributed by atoms with van der Waals surface area (Å²) in [5.74, 6) is 1.80. The molecule has 1 atom stereocenters. The second-order valence-corrected chi connectivity index (χ2v) is 8.32. The van der Waals surface area contributed by atoms with Gasteiger partial charge in [-0.25, -0.2) is 0 Å². The van der Waals surface area contributed by atoms with Gasteiger partial charge in [-0.05, 0) is 55.5 Å². The molecule has 1 unspecified atom stereocenters. The van der Waals surface area contributed by atoms with Gasteiger partial charge in [-0.3, -0.25) is 0 Å². The van der Waals surface area contributed by atoms with Gasteiger partial charge in [0.25, 0.3) is 0 Å². The van der Waals surface area contributed by atoms with Gasteiger partial charge >= 0.3 is 0 Å². The second-order valence-electron chi connectivity index (χ2n) is 3.96. The molecule has 0 radical (unpaired) electrons. The molecular formula is C15H17O2PS. The summed E-state index contributed by atoms with van der Waals surface area (Å²) in [6, 6.07) is 16.5. The highest BCUT2D eigenvalue weighted by Crippen LogP contribution is 2.49. The van der Waals surface area contributed by atoms with Crippen LogP contribution >= 0.6 is 18.5 Å². The van der Waals surface area contributed by atoms with Gasteiger partial charge in [0.05, 0.1) is 14.2 Å². The fourth-order valence-electron chi connectivity index (χ4n) is 1.64. The lowest BCUT2D eigenvalue weighted by atomic mass is 10.3. The van der Waals surface area contributed by atoms with E-state index in [9.17, 15) is 0 Å². The molecule has 0 saturated heterocycles. The molecule has 0 aliphatic rings. The maximum Gasteiger partial charge on any atom is 0.118 e. The van der Waals surface area contributed by atoms with Gasteiger partial charge < -0.3 is 9.47 Å². The Morgan fingerprint density at radius 3 is 1.74 bits per heavy atom. The first-order chi connectivity index (χ1) is 9.22. The van der Waals surface area contributed by atoms with Gasteiger partial charge in [0.2, 0.25) is 0 Å². The second kappa shape index (κ2) is 6.83. The zero-order valence-electron chi connectivity index (χ0n) is 11.3. The molecule has 0 spiro atoms. The van der Waals surface area contributed by atoms with Crippen LogP contribution in [0.1, 0.15) is 0 Å². The Kier molecular flexibility index (Phi) is 5.12. The zero-order valence-corrected chi connectivity index (χ0v) is 13.0. The van der Waals surface area contributed by atoms with Crippen LogP contribution in [0.15, 0.2) is 53.4 Å². The Labute approximate surface area is 119 Å². The van der Waals surface area contributed by atoms with Crippen LogP contribution in [0.5, 0.6) is 11.5 Å². The van der Waals surface area contributed by atoms with Crippen molar-refractivity contribution in [1.29, 1.82) is 0 Å². The first-order valence-electron chi connectivity index (χ1n) is 5.92. The van der Waals surface area contributed by atoms with Crippen molar-refractivity contribution in [2.75, 3.05) is 20.9 Å². The smallest absolute Gasteiger partial charge is 0.118 e. The number of rotatable bonds is 5. The van der Waals surface area contributed by atoms with Crippen LogP contribution in [-0.4, -0.2) is 20.9 Å². The molecule has 0 aromatic heterocycles. The van der Waals surface area contributed by atoms with Crippen molar-refractivity contribution in [3.63, 3.8) is 0 Å². The predicted molar refractivity (Wildman–Crippen MR) is 84.3 cm³/mol. The Morgan fingerprint density at radius 2 is 1.26 bits per heavy atom. The van der Waals surface area contributed by atoms with Crippen molar-refractivity contribution in [3.05, 3.63) is 48.5 Å². The molecule has 4 heteroatoms. The van der Waals surface area contributed by atoms with E-state index in [-0.39, 0.29) is 7.12 Å². The molecule has 0 aliphatic carbocycles. The van der Waals surface area contributed by atoms with E-state index in [4.69, 9.17) is 9.47 Å². The average Bonchev–Trinajstić information content (AvgIpc) is 2.48. The van der Waals surface area contributed by atoms with E-state index in [1.807, 2.05) is 35.6 Å². The summed E-state index contributed by atoms with van der Waals surface area (Å²) in [7, 11) is 3.11. The molecule has 2 aromatic carbocycles. The molecule has 0 fully saturated rings. The summed E-state index contributed by atoms with van der Waals surface area (Å²) < 4.78 is 10.3. The highest BCUT2D eigenvalue weighted by molar-refractivity contribution is 8.57. The van der Waals surface area contributed by atoms with Gasteiger partial charge in [-0.15, -0.1) is 0 Å². The maximum absolute atomic E-state index is 5.18. The lowest BCUT2D eigenvalue weighted by Crippen LogP contribution is -1.97. The van der Waals surface area contributed by atoms with Gasteiger partial charge in [-0.2, -0.15) is 0 Å². The Morgan fingerprint density at radius 1 is 0.789 bits per heavy atom. The maximum atomic E-state index is 5.18. The molecule has 0 saturated carbocycles. The summed E-state index contributed by atoms with van der Waals surface area (Å²) in [6.45, 7) is 2.27. The third-order valence-corrected chi connectivity index (χ3v) is 6.61. The number of methoxy groups -OCH3 is 2. The van der Waals surface area contributed by atoms with Crippen molar-refractivity contribution in [1.82, 2.24) is 0 Å². The Hall–Kier alpha value is -1.18. The fraction of sp³-hybridized carbons (Fsp3) is 0.200. The van der Waals surface area contributed by atoms with Crippen LogP contribution in [-0.2, 0) is 0 Å². The van der Waals surface area contributed by atoms with Crippen molar-refractivity contribution in [3.8, 4) is 11.5 Å². The van der Waals surface area contributed by atoms with E-state index in [0.717, 1.165) is 11.5 Å². The van der Waals surface area contributed by atoms with Crippen LogP contribution in [0.25, 0.3) is 0 Å². The summed E-state index contributed by atoms with van der Waals surface area (Å²) in [5.41, 5.74) is 0. The van der Waals surface area contributed by atoms with Gasteiger partial charge in [-0.1, -0.05) is 23.5 Å². The number of hydrogen-bond donors (Lipinski definition) is 0. The topological polar surface area (TPSA) is 18.5 Å². The molecule has 0 amide bonds. The monoisotopic (exact) mass is 292 g/mol. The molecular weight excluding hydrogens is 275 g/mol. The van der Waals surface area contributed by atoms with Crippen LogP contribution < -0.4 is 14.8 Å². The first kappa shape index (κ1) is 14.2. The number of benzene rings is 2. The van der Waals surface area contributed by atoms with Crippen LogP contribution in [0.2, 0.25) is 0 Å². The minimum atomic E-state index is -0.263. The SMILES string of the molecule is COc1ccc(SP(C)c2ccc(OC)cc2)cc1. The molecule has 0 heterocycles. The van der Waals surface area contributed by atoms with E-state index in [2.05, 4.69) is 30.9 Å². The Balaban J connectivity index is 2.04. The van der Waals surface area contributed by atoms with Crippen molar-refractivity contribution < 1.29 is 9.47 Å². The van der Waals surface area contributed by atoms with Crippen molar-refractivity contribution in [2.24, 2.45) is 0 Å². The minimum absolute atomic E-state index is 0.263. The minimum Gasteiger partial charge on any atom is -0.497 e. The van der Waals surface area contributed by atoms with Gasteiger partial charge in [0.1, 0.15) is 11.5 Å². The molecule has 100 valence electrons. The quantitative estimate of drug-likeness (QED) is 0.771. The van der Waals surface area contributed by atoms with Crippen LogP contribution in [0.3, 0.4) is 0 Å². The standard InChI is InChI=1S/C15H17O2PS/c1-16-12-4-8-14(9-5-12)18(3)19-15-10-6-13(17-2)7-11-15/h4-11H,1-3H3. The van der Waals surface area contributed by atoms with E-state index in [1.165, 1.54) is 10.2 Å². The van der Waals surface area contributed by atoms with Crippen molar-refractivity contribution >= 4 is 23.8 Å². The molecule has 2 nitrogen and oxygen atoms in total. The lowest BCUT2D eigenvalue weighted by molar-refractivity contribution is 0.414. The van der Waals surface area contributed by atoms with E-state index in [0.29, 0.717) is 0 Å². The van der Waals surface area contributed by atoms with E-state index >= 15 is 0 Å². The van der Waals surface area contributed by atoms with Crippen LogP contribution in [0, 0.1) is 0 Å². The van der Waals surface area contributed by atoms with Crippen LogP contribution in [0.4, 0.5) is 0 Å². The summed E-state index contributed by atoms with van der Waals surface area (Å²) in [4.78, 5) is 1.27. The molecule has 0 N–H and O–H groups in total. The fourth-order valence-corrected chi connectivity index (χ4v) is 4.88. The normalized spacial score (nSPS) is 11.9. The van der Waals surface area contributed by atoms with Gasteiger partial charge in [0, 0.05) is 4.90 Å². The molecule has 0 aliphatic heterocycles. The molecule has 2 rings (SSSR count). The Bertz CT molecular complexity index is 511. The highest BCUT2D eigenvalue weighted by Gasteiger charge is 2.07. The summed E-state index contributed by atoms with van der Waals surface area (Å²) >= 11 is 1.90. The highest BCUT2D eigenvalue weighted by atomic mass is 32.7. The lowest BCUT2D eigenvalue weighted by Gasteiger charge is -2.12. The van der Waals surface area contributed by atoms with E-state index in [1.54, 1.807) is 14.2 Å². The zero-order chi connectivity index (χ0) is 13.7. The first-order valence-corrected chi connectivity index (χ1v) is 9.14. The van der Waals surface area contributed by atoms with Gasteiger partial charge in [0.15, 0.2) is 0 Å². The predicted octanol–water partition coefficient (Wildman–Crippen LogP) is 4.15. The molecule has 2 aromatic rings.